The topological polar surface area (TPSA) is 95.3 Å². The van der Waals surface area contributed by atoms with Crippen LogP contribution in [0.3, 0.4) is 0 Å². The first-order valence-electron chi connectivity index (χ1n) is 9.63. The van der Waals surface area contributed by atoms with Gasteiger partial charge >= 0.3 is 0 Å². The zero-order valence-electron chi connectivity index (χ0n) is 16.4. The van der Waals surface area contributed by atoms with Crippen molar-refractivity contribution in [3.05, 3.63) is 59.3 Å². The van der Waals surface area contributed by atoms with Crippen LogP contribution in [0.2, 0.25) is 0 Å². The average Bonchev–Trinajstić information content (AvgIpc) is 2.78. The summed E-state index contributed by atoms with van der Waals surface area (Å²) < 4.78 is 5.13. The first kappa shape index (κ1) is 20.5. The van der Waals surface area contributed by atoms with Gasteiger partial charge in [-0.25, -0.2) is 4.98 Å². The molecule has 1 fully saturated rings. The molecule has 1 saturated heterocycles. The van der Waals surface area contributed by atoms with E-state index >= 15 is 0 Å². The van der Waals surface area contributed by atoms with Crippen molar-refractivity contribution in [2.45, 2.75) is 12.8 Å². The maximum Gasteiger partial charge on any atom is 0.256 e. The number of methoxy groups -OCH3 is 1. The predicted molar refractivity (Wildman–Crippen MR) is 108 cm³/mol. The Kier molecular flexibility index (Phi) is 6.93. The summed E-state index contributed by atoms with van der Waals surface area (Å²) >= 11 is 0. The summed E-state index contributed by atoms with van der Waals surface area (Å²) in [6.07, 6.45) is 3.43. The van der Waals surface area contributed by atoms with E-state index in [0.29, 0.717) is 41.6 Å². The van der Waals surface area contributed by atoms with Gasteiger partial charge < -0.3 is 10.1 Å². The smallest absolute Gasteiger partial charge is 0.256 e. The van der Waals surface area contributed by atoms with Crippen LogP contribution in [-0.2, 0) is 0 Å². The highest BCUT2D eigenvalue weighted by molar-refractivity contribution is 5.97. The van der Waals surface area contributed by atoms with Crippen LogP contribution in [0.15, 0.2) is 42.6 Å². The lowest BCUT2D eigenvalue weighted by atomic mass is 9.96. The number of Topliss-reactive ketones (excluding diaryl/α,β-unsaturated/α-hetero) is 1. The molecule has 3 rings (SSSR count). The van der Waals surface area contributed by atoms with Crippen molar-refractivity contribution >= 4 is 11.7 Å². The Bertz CT molecular complexity index is 897. The number of rotatable bonds is 7. The van der Waals surface area contributed by atoms with Crippen molar-refractivity contribution in [3.63, 3.8) is 0 Å². The molecular weight excluding hydrogens is 368 g/mol. The van der Waals surface area contributed by atoms with Gasteiger partial charge in [-0.15, -0.1) is 0 Å². The fourth-order valence-corrected chi connectivity index (χ4v) is 3.43. The van der Waals surface area contributed by atoms with Gasteiger partial charge in [-0.2, -0.15) is 5.26 Å². The normalized spacial score (nSPS) is 14.8. The van der Waals surface area contributed by atoms with Crippen LogP contribution in [-0.4, -0.2) is 54.9 Å². The lowest BCUT2D eigenvalue weighted by Crippen LogP contribution is -2.40. The molecule has 0 saturated carbocycles. The minimum absolute atomic E-state index is 0.0601. The lowest BCUT2D eigenvalue weighted by Gasteiger charge is -2.31. The van der Waals surface area contributed by atoms with Gasteiger partial charge in [0.1, 0.15) is 5.56 Å². The lowest BCUT2D eigenvalue weighted by molar-refractivity contribution is 0.0886. The van der Waals surface area contributed by atoms with Crippen LogP contribution in [0.25, 0.3) is 0 Å². The van der Waals surface area contributed by atoms with Crippen molar-refractivity contribution in [3.8, 4) is 11.9 Å². The number of hydrogen-bond acceptors (Lipinski definition) is 6. The second-order valence-electron chi connectivity index (χ2n) is 7.10. The summed E-state index contributed by atoms with van der Waals surface area (Å²) in [5.41, 5.74) is 1.61. The molecule has 0 unspecified atom stereocenters. The van der Waals surface area contributed by atoms with E-state index in [1.54, 1.807) is 42.6 Å². The molecule has 2 aromatic rings. The Labute approximate surface area is 170 Å². The molecule has 1 aromatic heterocycles. The molecule has 0 spiro atoms. The average molecular weight is 392 g/mol. The monoisotopic (exact) mass is 392 g/mol. The molecule has 1 amide bonds. The Morgan fingerprint density at radius 1 is 1.24 bits per heavy atom. The van der Waals surface area contributed by atoms with E-state index in [9.17, 15) is 9.59 Å². The summed E-state index contributed by atoms with van der Waals surface area (Å²) in [5.74, 6) is 0.572. The van der Waals surface area contributed by atoms with Gasteiger partial charge in [-0.1, -0.05) is 12.1 Å². The number of pyridine rings is 1. The van der Waals surface area contributed by atoms with E-state index in [1.165, 1.54) is 7.11 Å². The molecule has 0 bridgehead atoms. The highest BCUT2D eigenvalue weighted by atomic mass is 16.5. The number of ketones is 1. The molecule has 7 heteroatoms. The van der Waals surface area contributed by atoms with Gasteiger partial charge in [-0.05, 0) is 56.1 Å². The molecular formula is C22H24N4O3. The van der Waals surface area contributed by atoms with Crippen LogP contribution in [0, 0.1) is 17.2 Å². The molecule has 2 heterocycles. The van der Waals surface area contributed by atoms with Gasteiger partial charge in [0.05, 0.1) is 25.3 Å². The molecule has 0 aliphatic carbocycles. The van der Waals surface area contributed by atoms with Crippen LogP contribution >= 0.6 is 0 Å². The Hall–Kier alpha value is -3.24. The highest BCUT2D eigenvalue weighted by Crippen LogP contribution is 2.18. The summed E-state index contributed by atoms with van der Waals surface area (Å²) in [7, 11) is 1.49. The third-order valence-corrected chi connectivity index (χ3v) is 5.17. The number of aromatic nitrogens is 1. The summed E-state index contributed by atoms with van der Waals surface area (Å²) in [5, 5.41) is 11.8. The highest BCUT2D eigenvalue weighted by Gasteiger charge is 2.22. The molecule has 29 heavy (non-hydrogen) atoms. The van der Waals surface area contributed by atoms with Crippen molar-refractivity contribution in [1.29, 1.82) is 5.26 Å². The largest absolute Gasteiger partial charge is 0.480 e. The standard InChI is InChI=1S/C22H24N4O3/c1-29-22-19(3-2-10-24-22)21(28)25-14-17-8-11-26(12-9-17)15-20(27)18-6-4-16(13-23)5-7-18/h2-7,10,17H,8-9,11-12,14-15H2,1H3,(H,25,28). The molecule has 0 atom stereocenters. The molecule has 1 aliphatic heterocycles. The van der Waals surface area contributed by atoms with E-state index in [-0.39, 0.29) is 11.7 Å². The summed E-state index contributed by atoms with van der Waals surface area (Å²) in [4.78, 5) is 31.0. The molecule has 7 nitrogen and oxygen atoms in total. The zero-order chi connectivity index (χ0) is 20.6. The third kappa shape index (κ3) is 5.39. The number of nitrogens with one attached hydrogen (secondary N) is 1. The first-order chi connectivity index (χ1) is 14.1. The summed E-state index contributed by atoms with van der Waals surface area (Å²) in [6.45, 7) is 2.60. The fraction of sp³-hybridized carbons (Fsp3) is 0.364. The van der Waals surface area contributed by atoms with E-state index in [4.69, 9.17) is 10.00 Å². The maximum absolute atomic E-state index is 12.4. The number of nitriles is 1. The maximum atomic E-state index is 12.4. The molecule has 1 aliphatic rings. The van der Waals surface area contributed by atoms with E-state index in [2.05, 4.69) is 21.3 Å². The number of carbonyl (C=O) groups excluding carboxylic acids is 2. The third-order valence-electron chi connectivity index (χ3n) is 5.17. The van der Waals surface area contributed by atoms with Gasteiger partial charge in [0.2, 0.25) is 5.88 Å². The van der Waals surface area contributed by atoms with Gasteiger partial charge in [0, 0.05) is 18.3 Å². The number of likely N-dealkylation sites (tertiary alicyclic amines) is 1. The van der Waals surface area contributed by atoms with Gasteiger partial charge in [-0.3, -0.25) is 14.5 Å². The molecule has 0 radical (unpaired) electrons. The Morgan fingerprint density at radius 2 is 1.97 bits per heavy atom. The minimum Gasteiger partial charge on any atom is -0.480 e. The first-order valence-corrected chi connectivity index (χ1v) is 9.63. The van der Waals surface area contributed by atoms with Crippen LogP contribution in [0.4, 0.5) is 0 Å². The molecule has 1 aromatic carbocycles. The Balaban J connectivity index is 1.43. The van der Waals surface area contributed by atoms with Crippen LogP contribution in [0.5, 0.6) is 5.88 Å². The quantitative estimate of drug-likeness (QED) is 0.727. The number of carbonyl (C=O) groups is 2. The van der Waals surface area contributed by atoms with E-state index in [0.717, 1.165) is 25.9 Å². The number of ether oxygens (including phenoxy) is 1. The SMILES string of the molecule is COc1ncccc1C(=O)NCC1CCN(CC(=O)c2ccc(C#N)cc2)CC1. The fourth-order valence-electron chi connectivity index (χ4n) is 3.43. The number of piperidine rings is 1. The number of benzene rings is 1. The second-order valence-corrected chi connectivity index (χ2v) is 7.10. The van der Waals surface area contributed by atoms with Gasteiger partial charge in [0.25, 0.3) is 5.91 Å². The minimum atomic E-state index is -0.187. The molecule has 1 N–H and O–H groups in total. The predicted octanol–water partition coefficient (Wildman–Crippen LogP) is 2.29. The van der Waals surface area contributed by atoms with Crippen molar-refractivity contribution in [2.24, 2.45) is 5.92 Å². The second kappa shape index (κ2) is 9.80. The van der Waals surface area contributed by atoms with E-state index in [1.807, 2.05) is 0 Å². The van der Waals surface area contributed by atoms with Crippen molar-refractivity contribution in [2.75, 3.05) is 33.3 Å². The van der Waals surface area contributed by atoms with Crippen molar-refractivity contribution < 1.29 is 14.3 Å². The number of hydrogen-bond donors (Lipinski definition) is 1. The van der Waals surface area contributed by atoms with Crippen LogP contribution in [0.1, 0.15) is 39.1 Å². The number of amides is 1. The van der Waals surface area contributed by atoms with Gasteiger partial charge in [0.15, 0.2) is 5.78 Å². The van der Waals surface area contributed by atoms with E-state index < -0.39 is 0 Å². The number of nitrogens with zero attached hydrogens (tertiary/aromatic N) is 3. The van der Waals surface area contributed by atoms with Crippen LogP contribution < -0.4 is 10.1 Å². The molecule has 150 valence electrons. The zero-order valence-corrected chi connectivity index (χ0v) is 16.4. The Morgan fingerprint density at radius 3 is 2.62 bits per heavy atom. The summed E-state index contributed by atoms with van der Waals surface area (Å²) in [6, 6.07) is 12.2. The van der Waals surface area contributed by atoms with Crippen molar-refractivity contribution in [1.82, 2.24) is 15.2 Å².